The first-order valence-electron chi connectivity index (χ1n) is 6.96. The standard InChI is InChI=1S/C17H12ClN3O3/c18-14-6-4-11(9-13(14)17(22)23)15-7-5-12(24-15)10-20-21-16-3-1-2-8-19-16/h1-10H,(H,19,21)(H,22,23)/b20-10+. The second kappa shape index (κ2) is 6.97. The second-order valence-corrected chi connectivity index (χ2v) is 5.19. The van der Waals surface area contributed by atoms with E-state index in [2.05, 4.69) is 15.5 Å². The Morgan fingerprint density at radius 2 is 2.12 bits per heavy atom. The van der Waals surface area contributed by atoms with Crippen molar-refractivity contribution in [2.75, 3.05) is 5.43 Å². The highest BCUT2D eigenvalue weighted by Gasteiger charge is 2.12. The van der Waals surface area contributed by atoms with Crippen LogP contribution in [0, 0.1) is 0 Å². The number of rotatable bonds is 5. The molecule has 0 bridgehead atoms. The molecule has 0 radical (unpaired) electrons. The Hall–Kier alpha value is -3.12. The SMILES string of the molecule is O=C(O)c1cc(-c2ccc(/C=N/Nc3ccccn3)o2)ccc1Cl. The number of furan rings is 1. The number of aromatic nitrogens is 1. The molecule has 2 aromatic heterocycles. The van der Waals surface area contributed by atoms with Crippen LogP contribution >= 0.6 is 11.6 Å². The van der Waals surface area contributed by atoms with Gasteiger partial charge in [-0.25, -0.2) is 9.78 Å². The number of nitrogens with zero attached hydrogens (tertiary/aromatic N) is 2. The predicted molar refractivity (Wildman–Crippen MR) is 91.6 cm³/mol. The van der Waals surface area contributed by atoms with E-state index in [1.165, 1.54) is 18.3 Å². The summed E-state index contributed by atoms with van der Waals surface area (Å²) in [6.45, 7) is 0. The molecule has 2 heterocycles. The minimum absolute atomic E-state index is 0.0256. The number of hydrogen-bond donors (Lipinski definition) is 2. The molecule has 3 rings (SSSR count). The molecule has 0 aliphatic rings. The summed E-state index contributed by atoms with van der Waals surface area (Å²) in [5, 5.41) is 13.3. The summed E-state index contributed by atoms with van der Waals surface area (Å²) >= 11 is 5.86. The molecule has 0 saturated carbocycles. The van der Waals surface area contributed by atoms with Crippen molar-refractivity contribution in [2.24, 2.45) is 5.10 Å². The normalized spacial score (nSPS) is 10.9. The third-order valence-electron chi connectivity index (χ3n) is 3.14. The Morgan fingerprint density at radius 3 is 2.88 bits per heavy atom. The number of aromatic carboxylic acids is 1. The summed E-state index contributed by atoms with van der Waals surface area (Å²) in [5.74, 6) is 0.563. The van der Waals surface area contributed by atoms with Gasteiger partial charge in [-0.2, -0.15) is 5.10 Å². The summed E-state index contributed by atoms with van der Waals surface area (Å²) in [4.78, 5) is 15.2. The number of carboxylic acid groups (broad SMARTS) is 1. The third kappa shape index (κ3) is 3.61. The molecule has 2 N–H and O–H groups in total. The largest absolute Gasteiger partial charge is 0.478 e. The maximum Gasteiger partial charge on any atom is 0.337 e. The van der Waals surface area contributed by atoms with Crippen LogP contribution in [0.5, 0.6) is 0 Å². The molecule has 0 aliphatic heterocycles. The van der Waals surface area contributed by atoms with Gasteiger partial charge in [-0.15, -0.1) is 0 Å². The molecule has 1 aromatic carbocycles. The molecule has 0 amide bonds. The highest BCUT2D eigenvalue weighted by atomic mass is 35.5. The molecule has 0 fully saturated rings. The molecular formula is C17H12ClN3O3. The number of pyridine rings is 1. The fourth-order valence-electron chi connectivity index (χ4n) is 2.01. The number of carboxylic acids is 1. The van der Waals surface area contributed by atoms with E-state index < -0.39 is 5.97 Å². The van der Waals surface area contributed by atoms with Gasteiger partial charge in [0.05, 0.1) is 16.8 Å². The predicted octanol–water partition coefficient (Wildman–Crippen LogP) is 4.14. The minimum atomic E-state index is -1.09. The number of halogens is 1. The molecule has 3 aromatic rings. The van der Waals surface area contributed by atoms with Crippen LogP contribution < -0.4 is 5.43 Å². The van der Waals surface area contributed by atoms with E-state index in [0.29, 0.717) is 22.9 Å². The van der Waals surface area contributed by atoms with E-state index in [1.807, 2.05) is 12.1 Å². The lowest BCUT2D eigenvalue weighted by Crippen LogP contribution is -1.97. The van der Waals surface area contributed by atoms with Crippen molar-refractivity contribution in [3.8, 4) is 11.3 Å². The molecule has 0 spiro atoms. The average Bonchev–Trinajstić information content (AvgIpc) is 3.05. The maximum atomic E-state index is 11.1. The van der Waals surface area contributed by atoms with Gasteiger partial charge >= 0.3 is 5.97 Å². The lowest BCUT2D eigenvalue weighted by atomic mass is 10.1. The highest BCUT2D eigenvalue weighted by Crippen LogP contribution is 2.26. The van der Waals surface area contributed by atoms with E-state index in [0.717, 1.165) is 0 Å². The monoisotopic (exact) mass is 341 g/mol. The summed E-state index contributed by atoms with van der Waals surface area (Å²) in [5.41, 5.74) is 3.42. The van der Waals surface area contributed by atoms with Gasteiger partial charge in [0, 0.05) is 11.8 Å². The average molecular weight is 342 g/mol. The Bertz CT molecular complexity index is 891. The first-order valence-corrected chi connectivity index (χ1v) is 7.34. The summed E-state index contributed by atoms with van der Waals surface area (Å²) in [6, 6.07) is 13.6. The summed E-state index contributed by atoms with van der Waals surface area (Å²) < 4.78 is 5.64. The van der Waals surface area contributed by atoms with Gasteiger partial charge in [0.2, 0.25) is 0 Å². The molecule has 7 heteroatoms. The lowest BCUT2D eigenvalue weighted by Gasteiger charge is -2.01. The van der Waals surface area contributed by atoms with Crippen LogP contribution in [0.25, 0.3) is 11.3 Å². The molecule has 0 aliphatic carbocycles. The van der Waals surface area contributed by atoms with E-state index in [9.17, 15) is 4.79 Å². The molecule has 0 saturated heterocycles. The van der Waals surface area contributed by atoms with E-state index >= 15 is 0 Å². The summed E-state index contributed by atoms with van der Waals surface area (Å²) in [6.07, 6.45) is 3.16. The lowest BCUT2D eigenvalue weighted by molar-refractivity contribution is 0.0697. The van der Waals surface area contributed by atoms with E-state index in [-0.39, 0.29) is 10.6 Å². The Kier molecular flexibility index (Phi) is 4.58. The zero-order chi connectivity index (χ0) is 16.9. The van der Waals surface area contributed by atoms with Crippen LogP contribution in [-0.2, 0) is 0 Å². The van der Waals surface area contributed by atoms with Crippen molar-refractivity contribution in [2.45, 2.75) is 0 Å². The number of hydrogen-bond acceptors (Lipinski definition) is 5. The quantitative estimate of drug-likeness (QED) is 0.538. The number of nitrogens with one attached hydrogen (secondary N) is 1. The zero-order valence-electron chi connectivity index (χ0n) is 12.3. The fraction of sp³-hybridized carbons (Fsp3) is 0. The van der Waals surface area contributed by atoms with Crippen LogP contribution in [0.15, 0.2) is 64.2 Å². The van der Waals surface area contributed by atoms with E-state index in [4.69, 9.17) is 21.1 Å². The third-order valence-corrected chi connectivity index (χ3v) is 3.47. The molecule has 24 heavy (non-hydrogen) atoms. The van der Waals surface area contributed by atoms with Crippen LogP contribution in [0.3, 0.4) is 0 Å². The van der Waals surface area contributed by atoms with Gasteiger partial charge in [-0.05, 0) is 42.5 Å². The Balaban J connectivity index is 1.76. The van der Waals surface area contributed by atoms with Gasteiger partial charge in [-0.1, -0.05) is 17.7 Å². The molecule has 6 nitrogen and oxygen atoms in total. The minimum Gasteiger partial charge on any atom is -0.478 e. The Labute approximate surface area is 142 Å². The number of benzene rings is 1. The van der Waals surface area contributed by atoms with Crippen molar-refractivity contribution in [3.63, 3.8) is 0 Å². The van der Waals surface area contributed by atoms with Crippen LogP contribution in [0.2, 0.25) is 5.02 Å². The topological polar surface area (TPSA) is 87.7 Å². The van der Waals surface area contributed by atoms with Gasteiger partial charge < -0.3 is 9.52 Å². The zero-order valence-corrected chi connectivity index (χ0v) is 13.1. The van der Waals surface area contributed by atoms with E-state index in [1.54, 1.807) is 30.5 Å². The molecule has 120 valence electrons. The van der Waals surface area contributed by atoms with Crippen LogP contribution in [0.4, 0.5) is 5.82 Å². The van der Waals surface area contributed by atoms with Crippen molar-refractivity contribution in [1.82, 2.24) is 4.98 Å². The van der Waals surface area contributed by atoms with Gasteiger partial charge in [0.1, 0.15) is 17.3 Å². The summed E-state index contributed by atoms with van der Waals surface area (Å²) in [7, 11) is 0. The van der Waals surface area contributed by atoms with Gasteiger partial charge in [-0.3, -0.25) is 5.43 Å². The molecular weight excluding hydrogens is 330 g/mol. The molecule has 0 unspecified atom stereocenters. The van der Waals surface area contributed by atoms with Crippen molar-refractivity contribution >= 4 is 29.6 Å². The first-order chi connectivity index (χ1) is 11.6. The number of carbonyl (C=O) groups is 1. The Morgan fingerprint density at radius 1 is 1.25 bits per heavy atom. The molecule has 0 atom stereocenters. The van der Waals surface area contributed by atoms with Gasteiger partial charge in [0.25, 0.3) is 0 Å². The van der Waals surface area contributed by atoms with Crippen molar-refractivity contribution in [1.29, 1.82) is 0 Å². The van der Waals surface area contributed by atoms with Crippen LogP contribution in [-0.4, -0.2) is 22.3 Å². The smallest absolute Gasteiger partial charge is 0.337 e. The number of anilines is 1. The van der Waals surface area contributed by atoms with Crippen molar-refractivity contribution < 1.29 is 14.3 Å². The van der Waals surface area contributed by atoms with Gasteiger partial charge in [0.15, 0.2) is 0 Å². The second-order valence-electron chi connectivity index (χ2n) is 4.79. The fourth-order valence-corrected chi connectivity index (χ4v) is 2.21. The number of hydrazone groups is 1. The van der Waals surface area contributed by atoms with Crippen molar-refractivity contribution in [3.05, 3.63) is 71.1 Å². The highest BCUT2D eigenvalue weighted by molar-refractivity contribution is 6.33. The maximum absolute atomic E-state index is 11.1. The van der Waals surface area contributed by atoms with Crippen LogP contribution in [0.1, 0.15) is 16.1 Å². The first kappa shape index (κ1) is 15.8.